The topological polar surface area (TPSA) is 96.4 Å². The summed E-state index contributed by atoms with van der Waals surface area (Å²) >= 11 is 5.87. The van der Waals surface area contributed by atoms with Gasteiger partial charge in [0.15, 0.2) is 11.6 Å². The van der Waals surface area contributed by atoms with Crippen molar-refractivity contribution in [3.05, 3.63) is 41.6 Å². The molecule has 1 aliphatic heterocycles. The number of likely N-dealkylation sites (tertiary alicyclic amines) is 1. The van der Waals surface area contributed by atoms with Crippen molar-refractivity contribution in [3.8, 4) is 0 Å². The zero-order valence-corrected chi connectivity index (χ0v) is 18.9. The van der Waals surface area contributed by atoms with E-state index in [1.165, 1.54) is 12.4 Å². The summed E-state index contributed by atoms with van der Waals surface area (Å²) in [4.78, 5) is 33.1. The van der Waals surface area contributed by atoms with E-state index in [-0.39, 0.29) is 22.8 Å². The summed E-state index contributed by atoms with van der Waals surface area (Å²) in [6.07, 6.45) is 2.59. The van der Waals surface area contributed by atoms with E-state index < -0.39 is 11.4 Å². The summed E-state index contributed by atoms with van der Waals surface area (Å²) in [7, 11) is 1.85. The minimum absolute atomic E-state index is 0.00272. The molecule has 32 heavy (non-hydrogen) atoms. The van der Waals surface area contributed by atoms with Crippen molar-refractivity contribution in [2.75, 3.05) is 30.4 Å². The zero-order valence-electron chi connectivity index (χ0n) is 18.1. The van der Waals surface area contributed by atoms with Gasteiger partial charge in [-0.15, -0.1) is 0 Å². The molecular formula is C21H23ClFN7O2. The normalized spacial score (nSPS) is 14.2. The van der Waals surface area contributed by atoms with Crippen LogP contribution in [0.1, 0.15) is 20.8 Å². The summed E-state index contributed by atoms with van der Waals surface area (Å²) < 4.78 is 19.7. The lowest BCUT2D eigenvalue weighted by molar-refractivity contribution is 0.00841. The Morgan fingerprint density at radius 2 is 2.03 bits per heavy atom. The third-order valence-electron chi connectivity index (χ3n) is 4.95. The maximum absolute atomic E-state index is 14.3. The molecule has 1 saturated heterocycles. The molecule has 0 unspecified atom stereocenters. The van der Waals surface area contributed by atoms with Gasteiger partial charge in [-0.3, -0.25) is 0 Å². The van der Waals surface area contributed by atoms with E-state index in [0.717, 1.165) is 0 Å². The van der Waals surface area contributed by atoms with Gasteiger partial charge in [-0.25, -0.2) is 29.1 Å². The highest BCUT2D eigenvalue weighted by molar-refractivity contribution is 6.31. The van der Waals surface area contributed by atoms with Gasteiger partial charge in [-0.05, 0) is 32.9 Å². The Bertz CT molecular complexity index is 1160. The van der Waals surface area contributed by atoms with Crippen LogP contribution in [0.15, 0.2) is 30.7 Å². The van der Waals surface area contributed by atoms with Gasteiger partial charge in [0.05, 0.1) is 22.9 Å². The summed E-state index contributed by atoms with van der Waals surface area (Å²) in [5.74, 6) is 0.192. The number of halogens is 2. The van der Waals surface area contributed by atoms with Gasteiger partial charge in [0.25, 0.3) is 0 Å². The minimum atomic E-state index is -0.580. The molecule has 1 N–H and O–H groups in total. The van der Waals surface area contributed by atoms with E-state index in [9.17, 15) is 9.18 Å². The van der Waals surface area contributed by atoms with Crippen LogP contribution in [0.4, 0.5) is 26.6 Å². The third kappa shape index (κ3) is 4.50. The maximum Gasteiger partial charge on any atom is 0.410 e. The highest BCUT2D eigenvalue weighted by Gasteiger charge is 2.36. The number of benzene rings is 1. The molecule has 0 saturated carbocycles. The monoisotopic (exact) mass is 459 g/mol. The Kier molecular flexibility index (Phi) is 5.72. The summed E-state index contributed by atoms with van der Waals surface area (Å²) in [6.45, 7) is 6.49. The third-order valence-corrected chi connectivity index (χ3v) is 5.24. The van der Waals surface area contributed by atoms with Crippen LogP contribution >= 0.6 is 11.6 Å². The number of nitrogens with zero attached hydrogens (tertiary/aromatic N) is 6. The Morgan fingerprint density at radius 1 is 1.28 bits per heavy atom. The van der Waals surface area contributed by atoms with Crippen molar-refractivity contribution >= 4 is 46.2 Å². The van der Waals surface area contributed by atoms with E-state index in [1.807, 2.05) is 32.7 Å². The number of anilines is 3. The molecule has 4 rings (SSSR count). The molecule has 0 radical (unpaired) electrons. The predicted octanol–water partition coefficient (Wildman–Crippen LogP) is 4.01. The highest BCUT2D eigenvalue weighted by Crippen LogP contribution is 2.28. The molecule has 1 fully saturated rings. The summed E-state index contributed by atoms with van der Waals surface area (Å²) in [6, 6.07) is 4.70. The molecule has 1 amide bonds. The Morgan fingerprint density at radius 3 is 2.75 bits per heavy atom. The van der Waals surface area contributed by atoms with Gasteiger partial charge >= 0.3 is 6.09 Å². The molecule has 0 atom stereocenters. The standard InChI is InChI=1S/C21H23ClFN7O2/c1-21(2,3)32-20(31)30-9-12(10-30)29(4)19-24-8-15-17(28-19)18(26-11-25-15)27-14-7-5-6-13(22)16(14)23/h5-8,11-12H,9-10H2,1-4H3,(H,25,26,27). The smallest absolute Gasteiger partial charge is 0.410 e. The quantitative estimate of drug-likeness (QED) is 0.625. The van der Waals surface area contributed by atoms with Crippen LogP contribution < -0.4 is 10.2 Å². The number of rotatable bonds is 4. The lowest BCUT2D eigenvalue weighted by atomic mass is 10.1. The molecule has 3 heterocycles. The molecule has 2 aromatic heterocycles. The fourth-order valence-corrected chi connectivity index (χ4v) is 3.35. The van der Waals surface area contributed by atoms with Crippen LogP contribution in [0.25, 0.3) is 11.0 Å². The van der Waals surface area contributed by atoms with Crippen molar-refractivity contribution < 1.29 is 13.9 Å². The van der Waals surface area contributed by atoms with Crippen LogP contribution in [0.2, 0.25) is 5.02 Å². The molecule has 0 spiro atoms. The Balaban J connectivity index is 1.53. The first-order valence-corrected chi connectivity index (χ1v) is 10.4. The van der Waals surface area contributed by atoms with Crippen molar-refractivity contribution in [1.29, 1.82) is 0 Å². The number of likely N-dealkylation sites (N-methyl/N-ethyl adjacent to an activating group) is 1. The fourth-order valence-electron chi connectivity index (χ4n) is 3.17. The van der Waals surface area contributed by atoms with Crippen molar-refractivity contribution in [2.45, 2.75) is 32.4 Å². The van der Waals surface area contributed by atoms with Gasteiger partial charge < -0.3 is 19.9 Å². The zero-order chi connectivity index (χ0) is 23.0. The van der Waals surface area contributed by atoms with Crippen LogP contribution in [-0.2, 0) is 4.74 Å². The maximum atomic E-state index is 14.3. The van der Waals surface area contributed by atoms with E-state index in [0.29, 0.717) is 35.9 Å². The van der Waals surface area contributed by atoms with Gasteiger partial charge in [-0.1, -0.05) is 17.7 Å². The number of aromatic nitrogens is 4. The van der Waals surface area contributed by atoms with Gasteiger partial charge in [0.2, 0.25) is 5.95 Å². The number of amides is 1. The van der Waals surface area contributed by atoms with Crippen molar-refractivity contribution in [3.63, 3.8) is 0 Å². The molecular weight excluding hydrogens is 437 g/mol. The number of nitrogens with one attached hydrogen (secondary N) is 1. The molecule has 0 aliphatic carbocycles. The largest absolute Gasteiger partial charge is 0.444 e. The Labute approximate surface area is 189 Å². The number of hydrogen-bond donors (Lipinski definition) is 1. The molecule has 1 aliphatic rings. The Hall–Kier alpha value is -3.27. The van der Waals surface area contributed by atoms with E-state index in [4.69, 9.17) is 16.3 Å². The van der Waals surface area contributed by atoms with Gasteiger partial charge in [0, 0.05) is 20.1 Å². The average Bonchev–Trinajstić information content (AvgIpc) is 2.68. The highest BCUT2D eigenvalue weighted by atomic mass is 35.5. The number of carbonyl (C=O) groups is 1. The first kappa shape index (κ1) is 21.9. The molecule has 168 valence electrons. The van der Waals surface area contributed by atoms with Crippen LogP contribution in [0, 0.1) is 5.82 Å². The molecule has 9 nitrogen and oxygen atoms in total. The van der Waals surface area contributed by atoms with Crippen LogP contribution in [0.5, 0.6) is 0 Å². The number of ether oxygens (including phenoxy) is 1. The molecule has 0 bridgehead atoms. The second kappa shape index (κ2) is 8.34. The van der Waals surface area contributed by atoms with E-state index in [1.54, 1.807) is 23.2 Å². The second-order valence-electron chi connectivity index (χ2n) is 8.50. The predicted molar refractivity (Wildman–Crippen MR) is 120 cm³/mol. The van der Waals surface area contributed by atoms with E-state index >= 15 is 0 Å². The number of hydrogen-bond acceptors (Lipinski definition) is 8. The molecule has 11 heteroatoms. The van der Waals surface area contributed by atoms with Crippen LogP contribution in [0.3, 0.4) is 0 Å². The SMILES string of the molecule is CN(c1ncc2ncnc(Nc3cccc(Cl)c3F)c2n1)C1CN(C(=O)OC(C)(C)C)C1. The summed E-state index contributed by atoms with van der Waals surface area (Å²) in [5, 5.41) is 2.94. The van der Waals surface area contributed by atoms with Crippen LogP contribution in [-0.4, -0.2) is 62.7 Å². The lowest BCUT2D eigenvalue weighted by Crippen LogP contribution is -2.61. The number of carbonyl (C=O) groups excluding carboxylic acids is 1. The lowest BCUT2D eigenvalue weighted by Gasteiger charge is -2.43. The first-order chi connectivity index (χ1) is 15.1. The minimum Gasteiger partial charge on any atom is -0.444 e. The average molecular weight is 460 g/mol. The van der Waals surface area contributed by atoms with Crippen molar-refractivity contribution in [2.24, 2.45) is 0 Å². The second-order valence-corrected chi connectivity index (χ2v) is 8.91. The molecule has 1 aromatic carbocycles. The molecule has 3 aromatic rings. The first-order valence-electron chi connectivity index (χ1n) is 10.0. The fraction of sp³-hybridized carbons (Fsp3) is 0.381. The van der Waals surface area contributed by atoms with Gasteiger partial charge in [0.1, 0.15) is 23.0 Å². The van der Waals surface area contributed by atoms with Gasteiger partial charge in [-0.2, -0.15) is 0 Å². The van der Waals surface area contributed by atoms with Crippen molar-refractivity contribution in [1.82, 2.24) is 24.8 Å². The summed E-state index contributed by atoms with van der Waals surface area (Å²) in [5.41, 5.74) is 0.581. The van der Waals surface area contributed by atoms with E-state index in [2.05, 4.69) is 25.3 Å². The number of fused-ring (bicyclic) bond motifs is 1.